The molecule has 1 fully saturated rings. The minimum absolute atomic E-state index is 0.137. The number of aliphatic carboxylic acids is 1. The van der Waals surface area contributed by atoms with E-state index in [2.05, 4.69) is 28.7 Å². The van der Waals surface area contributed by atoms with Gasteiger partial charge in [0, 0.05) is 17.5 Å². The lowest BCUT2D eigenvalue weighted by atomic mass is 10.0. The van der Waals surface area contributed by atoms with Gasteiger partial charge in [0.15, 0.2) is 5.65 Å². The molecular weight excluding hydrogens is 292 g/mol. The molecule has 0 amide bonds. The van der Waals surface area contributed by atoms with Gasteiger partial charge in [-0.3, -0.25) is 4.79 Å². The van der Waals surface area contributed by atoms with Gasteiger partial charge in [-0.25, -0.2) is 9.67 Å². The monoisotopic (exact) mass is 316 g/mol. The van der Waals surface area contributed by atoms with Crippen molar-refractivity contribution in [3.05, 3.63) is 23.0 Å². The Morgan fingerprint density at radius 1 is 1.35 bits per heavy atom. The topological polar surface area (TPSA) is 71.2 Å². The van der Waals surface area contributed by atoms with Crippen molar-refractivity contribution in [3.8, 4) is 0 Å². The van der Waals surface area contributed by atoms with E-state index in [1.54, 1.807) is 0 Å². The van der Waals surface area contributed by atoms with Crippen LogP contribution in [0.4, 0.5) is 0 Å². The third kappa shape index (κ3) is 3.08. The highest BCUT2D eigenvalue weighted by molar-refractivity contribution is 5.80. The molecule has 0 saturated carbocycles. The van der Waals surface area contributed by atoms with Gasteiger partial charge in [-0.15, -0.1) is 0 Å². The second-order valence-electron chi connectivity index (χ2n) is 6.56. The van der Waals surface area contributed by atoms with E-state index in [4.69, 9.17) is 10.1 Å². The fourth-order valence-electron chi connectivity index (χ4n) is 3.50. The zero-order valence-electron chi connectivity index (χ0n) is 14.0. The summed E-state index contributed by atoms with van der Waals surface area (Å²) in [6.07, 6.45) is 4.73. The van der Waals surface area contributed by atoms with Crippen molar-refractivity contribution in [1.82, 2.24) is 19.7 Å². The van der Waals surface area contributed by atoms with Gasteiger partial charge < -0.3 is 10.0 Å². The predicted molar refractivity (Wildman–Crippen MR) is 88.7 cm³/mol. The number of carbonyl (C=O) groups is 1. The molecule has 0 aliphatic carbocycles. The Balaban J connectivity index is 1.96. The quantitative estimate of drug-likeness (QED) is 0.937. The smallest absolute Gasteiger partial charge is 0.303 e. The number of piperidine rings is 1. The lowest BCUT2D eigenvalue weighted by Gasteiger charge is -2.29. The first-order valence-electron chi connectivity index (χ1n) is 8.21. The molecule has 2 aromatic heterocycles. The summed E-state index contributed by atoms with van der Waals surface area (Å²) in [5, 5.41) is 14.6. The number of hydrogen-bond acceptors (Lipinski definition) is 4. The largest absolute Gasteiger partial charge is 0.481 e. The molecular formula is C17H24N4O2. The Bertz CT molecular complexity index is 730. The third-order valence-electron chi connectivity index (χ3n) is 4.96. The summed E-state index contributed by atoms with van der Waals surface area (Å²) in [7, 11) is 2.15. The number of carboxylic acid groups (broad SMARTS) is 1. The van der Waals surface area contributed by atoms with Crippen LogP contribution in [0.1, 0.15) is 42.1 Å². The molecule has 124 valence electrons. The Kier molecular flexibility index (Phi) is 4.35. The number of aryl methyl sites for hydroxylation is 2. The van der Waals surface area contributed by atoms with E-state index >= 15 is 0 Å². The average Bonchev–Trinajstić information content (AvgIpc) is 2.91. The number of likely N-dealkylation sites (tertiary alicyclic amines) is 1. The highest BCUT2D eigenvalue weighted by atomic mass is 16.4. The molecule has 0 radical (unpaired) electrons. The maximum atomic E-state index is 10.9. The standard InChI is InChI=1S/C17H24N4O2/c1-11-14(4-5-16(22)23)12(2)19-17-15(11)10-18-21(17)13-6-8-20(3)9-7-13/h10,13H,4-9H2,1-3H3,(H,22,23). The normalized spacial score (nSPS) is 17.0. The summed E-state index contributed by atoms with van der Waals surface area (Å²) in [5.41, 5.74) is 4.02. The first kappa shape index (κ1) is 15.9. The predicted octanol–water partition coefficient (Wildman–Crippen LogP) is 2.33. The van der Waals surface area contributed by atoms with Crippen molar-refractivity contribution in [2.24, 2.45) is 0 Å². The van der Waals surface area contributed by atoms with Crippen LogP contribution >= 0.6 is 0 Å². The van der Waals surface area contributed by atoms with Gasteiger partial charge in [0.25, 0.3) is 0 Å². The van der Waals surface area contributed by atoms with Gasteiger partial charge in [-0.05, 0) is 64.4 Å². The Hall–Kier alpha value is -1.95. The minimum Gasteiger partial charge on any atom is -0.481 e. The Labute approximate surface area is 136 Å². The lowest BCUT2D eigenvalue weighted by molar-refractivity contribution is -0.136. The van der Waals surface area contributed by atoms with Crippen molar-refractivity contribution >= 4 is 17.0 Å². The van der Waals surface area contributed by atoms with E-state index in [1.165, 1.54) is 0 Å². The molecule has 1 aliphatic rings. The van der Waals surface area contributed by atoms with E-state index < -0.39 is 5.97 Å². The van der Waals surface area contributed by atoms with E-state index in [9.17, 15) is 4.79 Å². The summed E-state index contributed by atoms with van der Waals surface area (Å²) in [6.45, 7) is 6.19. The molecule has 23 heavy (non-hydrogen) atoms. The fraction of sp³-hybridized carbons (Fsp3) is 0.588. The molecule has 0 aromatic carbocycles. The van der Waals surface area contributed by atoms with Crippen LogP contribution in [0.5, 0.6) is 0 Å². The number of pyridine rings is 1. The van der Waals surface area contributed by atoms with Gasteiger partial charge in [0.2, 0.25) is 0 Å². The first-order valence-corrected chi connectivity index (χ1v) is 8.21. The van der Waals surface area contributed by atoms with Crippen LogP contribution in [0, 0.1) is 13.8 Å². The van der Waals surface area contributed by atoms with Crippen LogP contribution in [0.25, 0.3) is 11.0 Å². The van der Waals surface area contributed by atoms with Crippen LogP contribution in [-0.2, 0) is 11.2 Å². The average molecular weight is 316 g/mol. The number of hydrogen-bond donors (Lipinski definition) is 1. The Morgan fingerprint density at radius 3 is 2.70 bits per heavy atom. The van der Waals surface area contributed by atoms with Crippen molar-refractivity contribution in [2.45, 2.75) is 45.6 Å². The molecule has 1 saturated heterocycles. The maximum Gasteiger partial charge on any atom is 0.303 e. The zero-order chi connectivity index (χ0) is 16.6. The minimum atomic E-state index is -0.772. The molecule has 0 atom stereocenters. The van der Waals surface area contributed by atoms with E-state index in [0.29, 0.717) is 12.5 Å². The van der Waals surface area contributed by atoms with Gasteiger partial charge in [0.05, 0.1) is 12.2 Å². The van der Waals surface area contributed by atoms with E-state index in [1.807, 2.05) is 13.1 Å². The molecule has 1 aliphatic heterocycles. The van der Waals surface area contributed by atoms with Crippen molar-refractivity contribution in [3.63, 3.8) is 0 Å². The third-order valence-corrected chi connectivity index (χ3v) is 4.96. The zero-order valence-corrected chi connectivity index (χ0v) is 14.0. The second kappa shape index (κ2) is 6.28. The molecule has 3 heterocycles. The van der Waals surface area contributed by atoms with E-state index in [-0.39, 0.29) is 6.42 Å². The maximum absolute atomic E-state index is 10.9. The van der Waals surface area contributed by atoms with Gasteiger partial charge in [0.1, 0.15) is 0 Å². The number of rotatable bonds is 4. The second-order valence-corrected chi connectivity index (χ2v) is 6.56. The summed E-state index contributed by atoms with van der Waals surface area (Å²) in [6, 6.07) is 0.403. The summed E-state index contributed by atoms with van der Waals surface area (Å²) in [5.74, 6) is -0.772. The van der Waals surface area contributed by atoms with Crippen LogP contribution in [-0.4, -0.2) is 50.9 Å². The number of fused-ring (bicyclic) bond motifs is 1. The number of nitrogens with zero attached hydrogens (tertiary/aromatic N) is 4. The first-order chi connectivity index (χ1) is 11.0. The molecule has 0 bridgehead atoms. The highest BCUT2D eigenvalue weighted by Gasteiger charge is 2.22. The highest BCUT2D eigenvalue weighted by Crippen LogP contribution is 2.28. The van der Waals surface area contributed by atoms with Crippen molar-refractivity contribution in [1.29, 1.82) is 0 Å². The SMILES string of the molecule is Cc1nc2c(cnn2C2CCN(C)CC2)c(C)c1CCC(=O)O. The molecule has 6 heteroatoms. The van der Waals surface area contributed by atoms with Gasteiger partial charge in [-0.1, -0.05) is 0 Å². The van der Waals surface area contributed by atoms with E-state index in [0.717, 1.165) is 53.8 Å². The van der Waals surface area contributed by atoms with Gasteiger partial charge >= 0.3 is 5.97 Å². The summed E-state index contributed by atoms with van der Waals surface area (Å²) in [4.78, 5) is 18.0. The number of aromatic nitrogens is 3. The summed E-state index contributed by atoms with van der Waals surface area (Å²) < 4.78 is 2.07. The molecule has 2 aromatic rings. The lowest BCUT2D eigenvalue weighted by Crippen LogP contribution is -2.31. The van der Waals surface area contributed by atoms with Crippen molar-refractivity contribution in [2.75, 3.05) is 20.1 Å². The molecule has 6 nitrogen and oxygen atoms in total. The number of carboxylic acids is 1. The van der Waals surface area contributed by atoms with Crippen LogP contribution in [0.15, 0.2) is 6.20 Å². The van der Waals surface area contributed by atoms with Crippen molar-refractivity contribution < 1.29 is 9.90 Å². The Morgan fingerprint density at radius 2 is 2.04 bits per heavy atom. The molecule has 3 rings (SSSR count). The van der Waals surface area contributed by atoms with Crippen LogP contribution < -0.4 is 0 Å². The molecule has 1 N–H and O–H groups in total. The van der Waals surface area contributed by atoms with Crippen LogP contribution in [0.2, 0.25) is 0 Å². The van der Waals surface area contributed by atoms with Gasteiger partial charge in [-0.2, -0.15) is 5.10 Å². The van der Waals surface area contributed by atoms with Crippen LogP contribution in [0.3, 0.4) is 0 Å². The molecule has 0 unspecified atom stereocenters. The molecule has 0 spiro atoms. The fourth-order valence-corrected chi connectivity index (χ4v) is 3.50. The summed E-state index contributed by atoms with van der Waals surface area (Å²) >= 11 is 0.